The molecule has 1 amide bonds. The number of carbonyl (C=O) groups is 2. The molecule has 0 unspecified atom stereocenters. The van der Waals surface area contributed by atoms with E-state index in [9.17, 15) is 14.7 Å². The molecule has 1 N–H and O–H groups in total. The number of ether oxygens (including phenoxy) is 1. The second-order valence-electron chi connectivity index (χ2n) is 9.67. The van der Waals surface area contributed by atoms with Crippen LogP contribution in [0.25, 0.3) is 0 Å². The second-order valence-corrected chi connectivity index (χ2v) is 10.6. The Hall–Kier alpha value is -2.11. The molecule has 0 bridgehead atoms. The second kappa shape index (κ2) is 11.2. The van der Waals surface area contributed by atoms with E-state index in [1.54, 1.807) is 46.9 Å². The number of amides is 1. The standard InChI is InChI=1S/C24H34BrN3O4/c1-23(2,3)32-21(29)16-24(4,5)28(22(30)31)20-15-18(25)17-26-19(20)11-7-10-14-27-12-8-6-9-13-27/h15,17H,6,8-10,12-14,16H2,1-5H3,(H,30,31). The molecule has 1 aromatic heterocycles. The first-order valence-electron chi connectivity index (χ1n) is 11.0. The first kappa shape index (κ1) is 26.1. The van der Waals surface area contributed by atoms with Crippen LogP contribution in [0.15, 0.2) is 16.7 Å². The van der Waals surface area contributed by atoms with Crippen LogP contribution in [-0.2, 0) is 9.53 Å². The molecule has 2 heterocycles. The molecule has 0 aromatic carbocycles. The van der Waals surface area contributed by atoms with Crippen molar-refractivity contribution < 1.29 is 19.4 Å². The number of carboxylic acid groups (broad SMARTS) is 1. The molecule has 1 aliphatic rings. The molecule has 2 rings (SSSR count). The fourth-order valence-corrected chi connectivity index (χ4v) is 4.06. The summed E-state index contributed by atoms with van der Waals surface area (Å²) in [6.45, 7) is 11.8. The van der Waals surface area contributed by atoms with Gasteiger partial charge in [-0.05, 0) is 88.5 Å². The average molecular weight is 508 g/mol. The smallest absolute Gasteiger partial charge is 0.412 e. The summed E-state index contributed by atoms with van der Waals surface area (Å²) in [5.74, 6) is 5.73. The van der Waals surface area contributed by atoms with Gasteiger partial charge in [0.1, 0.15) is 11.3 Å². The van der Waals surface area contributed by atoms with Gasteiger partial charge in [0.2, 0.25) is 0 Å². The van der Waals surface area contributed by atoms with Crippen LogP contribution < -0.4 is 4.90 Å². The van der Waals surface area contributed by atoms with E-state index >= 15 is 0 Å². The molecule has 0 aliphatic carbocycles. The van der Waals surface area contributed by atoms with Gasteiger partial charge in [-0.15, -0.1) is 0 Å². The van der Waals surface area contributed by atoms with Crippen molar-refractivity contribution in [3.63, 3.8) is 0 Å². The van der Waals surface area contributed by atoms with E-state index in [2.05, 4.69) is 37.7 Å². The highest BCUT2D eigenvalue weighted by Crippen LogP contribution is 2.31. The van der Waals surface area contributed by atoms with E-state index in [0.717, 1.165) is 24.5 Å². The molecule has 0 radical (unpaired) electrons. The number of rotatable bonds is 6. The lowest BCUT2D eigenvalue weighted by Crippen LogP contribution is -2.50. The SMILES string of the molecule is CC(C)(C)OC(=O)CC(C)(C)N(C(=O)O)c1cc(Br)cnc1C#CCCN1CCCCC1. The van der Waals surface area contributed by atoms with Gasteiger partial charge in [-0.3, -0.25) is 9.69 Å². The lowest BCUT2D eigenvalue weighted by atomic mass is 9.97. The number of halogens is 1. The van der Waals surface area contributed by atoms with Gasteiger partial charge >= 0.3 is 12.1 Å². The highest BCUT2D eigenvalue weighted by atomic mass is 79.9. The fourth-order valence-electron chi connectivity index (χ4n) is 3.74. The Morgan fingerprint density at radius 1 is 1.22 bits per heavy atom. The summed E-state index contributed by atoms with van der Waals surface area (Å²) in [5.41, 5.74) is -1.01. The molecule has 1 aliphatic heterocycles. The van der Waals surface area contributed by atoms with Gasteiger partial charge in [0.15, 0.2) is 0 Å². The number of hydrogen-bond acceptors (Lipinski definition) is 5. The number of piperidine rings is 1. The van der Waals surface area contributed by atoms with Crippen molar-refractivity contribution >= 4 is 33.7 Å². The maximum atomic E-state index is 12.4. The summed E-state index contributed by atoms with van der Waals surface area (Å²) in [7, 11) is 0. The molecule has 1 aromatic rings. The van der Waals surface area contributed by atoms with Gasteiger partial charge in [-0.25, -0.2) is 9.78 Å². The first-order valence-corrected chi connectivity index (χ1v) is 11.8. The van der Waals surface area contributed by atoms with E-state index in [1.807, 2.05) is 0 Å². The van der Waals surface area contributed by atoms with Gasteiger partial charge in [0.05, 0.1) is 17.6 Å². The summed E-state index contributed by atoms with van der Waals surface area (Å²) in [5, 5.41) is 10.0. The number of nitrogens with zero attached hydrogens (tertiary/aromatic N) is 3. The van der Waals surface area contributed by atoms with Crippen molar-refractivity contribution in [3.8, 4) is 11.8 Å². The third kappa shape index (κ3) is 8.10. The summed E-state index contributed by atoms with van der Waals surface area (Å²) in [4.78, 5) is 32.7. The van der Waals surface area contributed by atoms with E-state index in [4.69, 9.17) is 4.74 Å². The third-order valence-corrected chi connectivity index (χ3v) is 5.51. The van der Waals surface area contributed by atoms with E-state index in [0.29, 0.717) is 22.3 Å². The summed E-state index contributed by atoms with van der Waals surface area (Å²) in [6.07, 6.45) is 4.74. The zero-order valence-electron chi connectivity index (χ0n) is 19.7. The molecule has 32 heavy (non-hydrogen) atoms. The molecule has 176 valence electrons. The Kier molecular flexibility index (Phi) is 9.11. The number of hydrogen-bond donors (Lipinski definition) is 1. The summed E-state index contributed by atoms with van der Waals surface area (Å²) < 4.78 is 6.04. The quantitative estimate of drug-likeness (QED) is 0.427. The molecule has 0 spiro atoms. The molecule has 7 nitrogen and oxygen atoms in total. The molecule has 8 heteroatoms. The van der Waals surface area contributed by atoms with E-state index < -0.39 is 23.2 Å². The monoisotopic (exact) mass is 507 g/mol. The van der Waals surface area contributed by atoms with Crippen LogP contribution in [0.3, 0.4) is 0 Å². The highest BCUT2D eigenvalue weighted by Gasteiger charge is 2.37. The number of aromatic nitrogens is 1. The van der Waals surface area contributed by atoms with Crippen LogP contribution in [0.5, 0.6) is 0 Å². The minimum absolute atomic E-state index is 0.106. The lowest BCUT2D eigenvalue weighted by molar-refractivity contribution is -0.155. The summed E-state index contributed by atoms with van der Waals surface area (Å²) >= 11 is 3.38. The molecule has 1 saturated heterocycles. The zero-order valence-corrected chi connectivity index (χ0v) is 21.3. The van der Waals surface area contributed by atoms with Crippen molar-refractivity contribution in [1.82, 2.24) is 9.88 Å². The van der Waals surface area contributed by atoms with Gasteiger partial charge in [0.25, 0.3) is 0 Å². The Balaban J connectivity index is 2.25. The van der Waals surface area contributed by atoms with Crippen LogP contribution in [0.1, 0.15) is 72.4 Å². The van der Waals surface area contributed by atoms with Crippen LogP contribution >= 0.6 is 15.9 Å². The van der Waals surface area contributed by atoms with Crippen LogP contribution in [-0.4, -0.2) is 57.8 Å². The van der Waals surface area contributed by atoms with Crippen molar-refractivity contribution in [2.24, 2.45) is 0 Å². The molecule has 0 atom stereocenters. The summed E-state index contributed by atoms with van der Waals surface area (Å²) in [6, 6.07) is 1.67. The lowest BCUT2D eigenvalue weighted by Gasteiger charge is -2.36. The molecule has 0 saturated carbocycles. The predicted molar refractivity (Wildman–Crippen MR) is 129 cm³/mol. The third-order valence-electron chi connectivity index (χ3n) is 5.08. The Morgan fingerprint density at radius 3 is 2.47 bits per heavy atom. The first-order chi connectivity index (χ1) is 14.9. The Labute approximate surface area is 199 Å². The predicted octanol–water partition coefficient (Wildman–Crippen LogP) is 5.07. The zero-order chi connectivity index (χ0) is 23.9. The van der Waals surface area contributed by atoms with Crippen molar-refractivity contribution in [2.45, 2.75) is 77.9 Å². The Morgan fingerprint density at radius 2 is 1.88 bits per heavy atom. The number of anilines is 1. The largest absolute Gasteiger partial charge is 0.465 e. The maximum absolute atomic E-state index is 12.4. The fraction of sp³-hybridized carbons (Fsp3) is 0.625. The van der Waals surface area contributed by atoms with E-state index in [1.165, 1.54) is 19.3 Å². The topological polar surface area (TPSA) is 83.0 Å². The van der Waals surface area contributed by atoms with Crippen LogP contribution in [0, 0.1) is 11.8 Å². The van der Waals surface area contributed by atoms with Gasteiger partial charge in [-0.1, -0.05) is 12.3 Å². The average Bonchev–Trinajstić information content (AvgIpc) is 2.65. The number of carbonyl (C=O) groups excluding carboxylic acids is 1. The van der Waals surface area contributed by atoms with E-state index in [-0.39, 0.29) is 6.42 Å². The van der Waals surface area contributed by atoms with Gasteiger partial charge < -0.3 is 14.7 Å². The maximum Gasteiger partial charge on any atom is 0.412 e. The van der Waals surface area contributed by atoms with Crippen molar-refractivity contribution in [3.05, 3.63) is 22.4 Å². The van der Waals surface area contributed by atoms with Crippen LogP contribution in [0.4, 0.5) is 10.5 Å². The minimum Gasteiger partial charge on any atom is -0.465 e. The molecule has 1 fully saturated rings. The molecular formula is C24H34BrN3O4. The molecular weight excluding hydrogens is 474 g/mol. The number of esters is 1. The number of pyridine rings is 1. The Bertz CT molecular complexity index is 877. The number of likely N-dealkylation sites (tertiary alicyclic amines) is 1. The van der Waals surface area contributed by atoms with Crippen molar-refractivity contribution in [2.75, 3.05) is 24.5 Å². The van der Waals surface area contributed by atoms with Gasteiger partial charge in [-0.2, -0.15) is 0 Å². The van der Waals surface area contributed by atoms with Gasteiger partial charge in [0, 0.05) is 23.6 Å². The normalized spacial score (nSPS) is 14.9. The van der Waals surface area contributed by atoms with Crippen molar-refractivity contribution in [1.29, 1.82) is 0 Å². The minimum atomic E-state index is -1.19. The van der Waals surface area contributed by atoms with Crippen LogP contribution in [0.2, 0.25) is 0 Å². The highest BCUT2D eigenvalue weighted by molar-refractivity contribution is 9.10.